The van der Waals surface area contributed by atoms with Crippen molar-refractivity contribution in [2.75, 3.05) is 26.2 Å². The Kier molecular flexibility index (Phi) is 7.49. The lowest BCUT2D eigenvalue weighted by Gasteiger charge is -2.40. The molecule has 1 aromatic rings. The van der Waals surface area contributed by atoms with Crippen LogP contribution in [-0.4, -0.2) is 49.1 Å². The summed E-state index contributed by atoms with van der Waals surface area (Å²) in [6.45, 7) is 4.20. The largest absolute Gasteiger partial charge is 0.378 e. The Morgan fingerprint density at radius 2 is 1.79 bits per heavy atom. The lowest BCUT2D eigenvalue weighted by atomic mass is 9.72. The first-order chi connectivity index (χ1) is 13.6. The van der Waals surface area contributed by atoms with Crippen LogP contribution in [0.5, 0.6) is 0 Å². The Morgan fingerprint density at radius 1 is 1.11 bits per heavy atom. The number of piperidine rings is 1. The third-order valence-corrected chi connectivity index (χ3v) is 6.34. The molecule has 154 valence electrons. The molecule has 5 nitrogen and oxygen atoms in total. The molecule has 0 bridgehead atoms. The molecule has 0 spiro atoms. The van der Waals surface area contributed by atoms with Gasteiger partial charge < -0.3 is 15.0 Å². The smallest absolute Gasteiger partial charge is 0.230 e. The highest BCUT2D eigenvalue weighted by Crippen LogP contribution is 2.36. The van der Waals surface area contributed by atoms with Crippen LogP contribution in [0.1, 0.15) is 63.9 Å². The van der Waals surface area contributed by atoms with Crippen LogP contribution in [0.15, 0.2) is 30.3 Å². The third-order valence-electron chi connectivity index (χ3n) is 6.34. The zero-order chi connectivity index (χ0) is 19.8. The second-order valence-corrected chi connectivity index (χ2v) is 8.19. The topological polar surface area (TPSA) is 58.6 Å². The van der Waals surface area contributed by atoms with Gasteiger partial charge in [-0.1, -0.05) is 49.6 Å². The van der Waals surface area contributed by atoms with Gasteiger partial charge in [0.05, 0.1) is 11.5 Å². The lowest BCUT2D eigenvalue weighted by Crippen LogP contribution is -2.52. The summed E-state index contributed by atoms with van der Waals surface area (Å²) in [4.78, 5) is 26.7. The van der Waals surface area contributed by atoms with Crippen LogP contribution >= 0.6 is 0 Å². The molecule has 0 atom stereocenters. The van der Waals surface area contributed by atoms with Gasteiger partial charge in [-0.2, -0.15) is 0 Å². The Morgan fingerprint density at radius 3 is 2.43 bits per heavy atom. The SMILES string of the molecule is CC(=O)N1CCC(C(=O)NCCCOC2CCCCC2)(c2ccccc2)CC1. The van der Waals surface area contributed by atoms with Crippen LogP contribution in [0.2, 0.25) is 0 Å². The number of hydrogen-bond donors (Lipinski definition) is 1. The second-order valence-electron chi connectivity index (χ2n) is 8.19. The number of hydrogen-bond acceptors (Lipinski definition) is 3. The molecule has 0 radical (unpaired) electrons. The molecule has 1 saturated carbocycles. The Bertz CT molecular complexity index is 633. The summed E-state index contributed by atoms with van der Waals surface area (Å²) < 4.78 is 5.96. The fourth-order valence-electron chi connectivity index (χ4n) is 4.53. The molecule has 1 N–H and O–H groups in total. The Labute approximate surface area is 168 Å². The third kappa shape index (κ3) is 5.13. The molecule has 1 saturated heterocycles. The predicted molar refractivity (Wildman–Crippen MR) is 110 cm³/mol. The maximum absolute atomic E-state index is 13.2. The predicted octanol–water partition coefficient (Wildman–Crippen LogP) is 3.42. The number of likely N-dealkylation sites (tertiary alicyclic amines) is 1. The fourth-order valence-corrected chi connectivity index (χ4v) is 4.53. The van der Waals surface area contributed by atoms with Gasteiger partial charge in [0, 0.05) is 33.2 Å². The molecule has 28 heavy (non-hydrogen) atoms. The molecule has 2 aliphatic rings. The molecule has 0 unspecified atom stereocenters. The van der Waals surface area contributed by atoms with Crippen LogP contribution < -0.4 is 5.32 Å². The van der Waals surface area contributed by atoms with Gasteiger partial charge in [-0.25, -0.2) is 0 Å². The molecule has 2 amide bonds. The lowest BCUT2D eigenvalue weighted by molar-refractivity contribution is -0.135. The first-order valence-electron chi connectivity index (χ1n) is 10.8. The van der Waals surface area contributed by atoms with Gasteiger partial charge in [0.2, 0.25) is 11.8 Å². The molecule has 5 heteroatoms. The average Bonchev–Trinajstić information content (AvgIpc) is 2.74. The van der Waals surface area contributed by atoms with Crippen molar-refractivity contribution < 1.29 is 14.3 Å². The van der Waals surface area contributed by atoms with Gasteiger partial charge in [0.25, 0.3) is 0 Å². The quantitative estimate of drug-likeness (QED) is 0.731. The number of nitrogens with one attached hydrogen (secondary N) is 1. The average molecular weight is 387 g/mol. The highest BCUT2D eigenvalue weighted by molar-refractivity contribution is 5.88. The summed E-state index contributed by atoms with van der Waals surface area (Å²) >= 11 is 0. The number of benzene rings is 1. The fraction of sp³-hybridized carbons (Fsp3) is 0.652. The maximum atomic E-state index is 13.2. The van der Waals surface area contributed by atoms with E-state index in [1.807, 2.05) is 35.2 Å². The van der Waals surface area contributed by atoms with E-state index in [9.17, 15) is 9.59 Å². The summed E-state index contributed by atoms with van der Waals surface area (Å²) in [5, 5.41) is 3.15. The van der Waals surface area contributed by atoms with Crippen molar-refractivity contribution in [2.45, 2.75) is 69.8 Å². The maximum Gasteiger partial charge on any atom is 0.230 e. The van der Waals surface area contributed by atoms with E-state index in [0.29, 0.717) is 45.2 Å². The number of nitrogens with zero attached hydrogens (tertiary/aromatic N) is 1. The summed E-state index contributed by atoms with van der Waals surface area (Å²) in [7, 11) is 0. The van der Waals surface area contributed by atoms with Gasteiger partial charge >= 0.3 is 0 Å². The summed E-state index contributed by atoms with van der Waals surface area (Å²) in [6, 6.07) is 10.0. The van der Waals surface area contributed by atoms with Crippen LogP contribution in [0, 0.1) is 0 Å². The van der Waals surface area contributed by atoms with Crippen molar-refractivity contribution >= 4 is 11.8 Å². The summed E-state index contributed by atoms with van der Waals surface area (Å²) in [6.07, 6.45) is 8.83. The molecular weight excluding hydrogens is 352 g/mol. The Balaban J connectivity index is 1.53. The highest BCUT2D eigenvalue weighted by Gasteiger charge is 2.43. The molecule has 1 aliphatic heterocycles. The van der Waals surface area contributed by atoms with Crippen molar-refractivity contribution in [1.29, 1.82) is 0 Å². The van der Waals surface area contributed by atoms with Crippen LogP contribution in [0.4, 0.5) is 0 Å². The zero-order valence-electron chi connectivity index (χ0n) is 17.1. The zero-order valence-corrected chi connectivity index (χ0v) is 17.1. The van der Waals surface area contributed by atoms with Crippen molar-refractivity contribution in [3.8, 4) is 0 Å². The standard InChI is InChI=1S/C23H34N2O3/c1-19(26)25-16-13-23(14-17-25,20-9-4-2-5-10-20)22(27)24-15-8-18-28-21-11-6-3-7-12-21/h2,4-5,9-10,21H,3,6-8,11-18H2,1H3,(H,24,27). The van der Waals surface area contributed by atoms with E-state index in [1.165, 1.54) is 32.1 Å². The minimum absolute atomic E-state index is 0.0829. The monoisotopic (exact) mass is 386 g/mol. The van der Waals surface area contributed by atoms with Gasteiger partial charge in [-0.3, -0.25) is 9.59 Å². The molecule has 0 aromatic heterocycles. The van der Waals surface area contributed by atoms with E-state index >= 15 is 0 Å². The summed E-state index contributed by atoms with van der Waals surface area (Å²) in [5.41, 5.74) is 0.506. The van der Waals surface area contributed by atoms with Crippen molar-refractivity contribution in [3.63, 3.8) is 0 Å². The van der Waals surface area contributed by atoms with E-state index < -0.39 is 5.41 Å². The summed E-state index contributed by atoms with van der Waals surface area (Å²) in [5.74, 6) is 0.168. The number of rotatable bonds is 7. The van der Waals surface area contributed by atoms with Gasteiger partial charge in [-0.05, 0) is 37.7 Å². The molecule has 3 rings (SSSR count). The minimum atomic E-state index is -0.544. The first-order valence-corrected chi connectivity index (χ1v) is 10.8. The normalized spacial score (nSPS) is 20.0. The highest BCUT2D eigenvalue weighted by atomic mass is 16.5. The van der Waals surface area contributed by atoms with Gasteiger partial charge in [0.15, 0.2) is 0 Å². The number of amides is 2. The molecule has 1 heterocycles. The van der Waals surface area contributed by atoms with E-state index in [0.717, 1.165) is 12.0 Å². The number of carbonyl (C=O) groups excluding carboxylic acids is 2. The van der Waals surface area contributed by atoms with Crippen molar-refractivity contribution in [1.82, 2.24) is 10.2 Å². The molecular formula is C23H34N2O3. The van der Waals surface area contributed by atoms with Crippen molar-refractivity contribution in [3.05, 3.63) is 35.9 Å². The molecule has 2 fully saturated rings. The van der Waals surface area contributed by atoms with Crippen LogP contribution in [0.25, 0.3) is 0 Å². The van der Waals surface area contributed by atoms with E-state index in [2.05, 4.69) is 5.32 Å². The number of carbonyl (C=O) groups is 2. The van der Waals surface area contributed by atoms with E-state index in [4.69, 9.17) is 4.74 Å². The van der Waals surface area contributed by atoms with Crippen LogP contribution in [-0.2, 0) is 19.7 Å². The Hall–Kier alpha value is -1.88. The first kappa shape index (κ1) is 20.8. The van der Waals surface area contributed by atoms with Crippen LogP contribution in [0.3, 0.4) is 0 Å². The second kappa shape index (κ2) is 10.1. The molecule has 1 aromatic carbocycles. The minimum Gasteiger partial charge on any atom is -0.378 e. The molecule has 1 aliphatic carbocycles. The van der Waals surface area contributed by atoms with E-state index in [-0.39, 0.29) is 11.8 Å². The van der Waals surface area contributed by atoms with E-state index in [1.54, 1.807) is 6.92 Å². The van der Waals surface area contributed by atoms with Gasteiger partial charge in [-0.15, -0.1) is 0 Å². The van der Waals surface area contributed by atoms with Gasteiger partial charge in [0.1, 0.15) is 0 Å². The number of ether oxygens (including phenoxy) is 1. The van der Waals surface area contributed by atoms with Crippen molar-refractivity contribution in [2.24, 2.45) is 0 Å².